The van der Waals surface area contributed by atoms with Gasteiger partial charge in [-0.15, -0.1) is 0 Å². The van der Waals surface area contributed by atoms with Gasteiger partial charge in [0.1, 0.15) is 16.8 Å². The fourth-order valence-electron chi connectivity index (χ4n) is 5.37. The molecule has 1 aliphatic carbocycles. The van der Waals surface area contributed by atoms with Gasteiger partial charge in [-0.25, -0.2) is 9.67 Å². The molecule has 37 heavy (non-hydrogen) atoms. The zero-order valence-electron chi connectivity index (χ0n) is 22.5. The molecule has 9 nitrogen and oxygen atoms in total. The van der Waals surface area contributed by atoms with Crippen molar-refractivity contribution in [1.29, 1.82) is 0 Å². The first kappa shape index (κ1) is 27.6. The van der Waals surface area contributed by atoms with Gasteiger partial charge >= 0.3 is 0 Å². The van der Waals surface area contributed by atoms with E-state index in [-0.39, 0.29) is 29.5 Å². The van der Waals surface area contributed by atoms with Crippen LogP contribution in [0.3, 0.4) is 0 Å². The maximum absolute atomic E-state index is 13.0. The average Bonchev–Trinajstić information content (AvgIpc) is 2.90. The standard InChI is InChI=1S/C27H39BrN6O3/c1-17-12-21(18(2)19(3)27(17,4)5)32-22-15-31-34(26(36)25(22)28)16-24(35)30-14-20-6-7-29-23(13-20)33-8-10-37-11-9-33/h6-7,13,15,17-19,21,32H,8-12,14,16H2,1-5H3,(H,30,35)/t17-,18+,19+,21+/m0/s1. The van der Waals surface area contributed by atoms with Crippen LogP contribution in [0.25, 0.3) is 0 Å². The van der Waals surface area contributed by atoms with Crippen molar-refractivity contribution in [2.45, 2.75) is 60.2 Å². The minimum absolute atomic E-state index is 0.152. The number of nitrogens with zero attached hydrogens (tertiary/aromatic N) is 4. The molecule has 4 rings (SSSR count). The summed E-state index contributed by atoms with van der Waals surface area (Å²) >= 11 is 3.45. The van der Waals surface area contributed by atoms with Crippen LogP contribution in [0.15, 0.2) is 33.8 Å². The molecule has 0 unspecified atom stereocenters. The molecule has 0 radical (unpaired) electrons. The lowest BCUT2D eigenvalue weighted by atomic mass is 9.58. The quantitative estimate of drug-likeness (QED) is 0.520. The number of carbonyl (C=O) groups is 1. The van der Waals surface area contributed by atoms with E-state index in [1.807, 2.05) is 12.1 Å². The zero-order valence-corrected chi connectivity index (χ0v) is 24.0. The molecule has 0 spiro atoms. The lowest BCUT2D eigenvalue weighted by molar-refractivity contribution is -0.122. The Morgan fingerprint density at radius 3 is 2.70 bits per heavy atom. The smallest absolute Gasteiger partial charge is 0.283 e. The maximum atomic E-state index is 13.0. The van der Waals surface area contributed by atoms with E-state index in [0.717, 1.165) is 30.9 Å². The minimum Gasteiger partial charge on any atom is -0.380 e. The highest BCUT2D eigenvalue weighted by Gasteiger charge is 2.43. The number of nitrogens with one attached hydrogen (secondary N) is 2. The average molecular weight is 576 g/mol. The summed E-state index contributed by atoms with van der Waals surface area (Å²) in [7, 11) is 0. The molecule has 202 valence electrons. The lowest BCUT2D eigenvalue weighted by Gasteiger charge is -2.50. The summed E-state index contributed by atoms with van der Waals surface area (Å²) < 4.78 is 6.99. The van der Waals surface area contributed by atoms with Crippen LogP contribution in [0.5, 0.6) is 0 Å². The van der Waals surface area contributed by atoms with Crippen molar-refractivity contribution in [2.24, 2.45) is 23.2 Å². The van der Waals surface area contributed by atoms with Gasteiger partial charge in [0, 0.05) is 31.9 Å². The second-order valence-corrected chi connectivity index (χ2v) is 11.9. The van der Waals surface area contributed by atoms with E-state index in [2.05, 4.69) is 76.2 Å². The van der Waals surface area contributed by atoms with E-state index in [9.17, 15) is 9.59 Å². The lowest BCUT2D eigenvalue weighted by Crippen LogP contribution is -2.48. The van der Waals surface area contributed by atoms with Gasteiger partial charge in [-0.05, 0) is 63.2 Å². The van der Waals surface area contributed by atoms with Crippen LogP contribution in [0, 0.1) is 23.2 Å². The van der Waals surface area contributed by atoms with Gasteiger partial charge < -0.3 is 20.3 Å². The Morgan fingerprint density at radius 2 is 1.97 bits per heavy atom. The van der Waals surface area contributed by atoms with Crippen molar-refractivity contribution in [3.63, 3.8) is 0 Å². The Labute approximate surface area is 227 Å². The van der Waals surface area contributed by atoms with Crippen LogP contribution in [0.1, 0.15) is 46.6 Å². The van der Waals surface area contributed by atoms with E-state index < -0.39 is 0 Å². The first-order valence-corrected chi connectivity index (χ1v) is 13.9. The molecule has 2 aromatic rings. The third-order valence-corrected chi connectivity index (χ3v) is 9.49. The minimum atomic E-state index is -0.330. The number of pyridine rings is 1. The largest absolute Gasteiger partial charge is 0.380 e. The number of rotatable bonds is 7. The molecule has 2 fully saturated rings. The Balaban J connectivity index is 1.36. The molecule has 2 N–H and O–H groups in total. The Bertz CT molecular complexity index is 1160. The highest BCUT2D eigenvalue weighted by molar-refractivity contribution is 9.10. The molecule has 1 amide bonds. The fraction of sp³-hybridized carbons (Fsp3) is 0.630. The number of carbonyl (C=O) groups excluding carboxylic acids is 1. The third-order valence-electron chi connectivity index (χ3n) is 8.73. The molecular formula is C27H39BrN6O3. The van der Waals surface area contributed by atoms with Crippen LogP contribution < -0.4 is 21.1 Å². The summed E-state index contributed by atoms with van der Waals surface area (Å²) in [4.78, 5) is 32.2. The molecule has 0 bridgehead atoms. The summed E-state index contributed by atoms with van der Waals surface area (Å²) in [5.41, 5.74) is 1.55. The molecule has 1 saturated heterocycles. The van der Waals surface area contributed by atoms with E-state index in [4.69, 9.17) is 4.74 Å². The van der Waals surface area contributed by atoms with Crippen LogP contribution >= 0.6 is 15.9 Å². The predicted octanol–water partition coefficient (Wildman–Crippen LogP) is 3.67. The number of aromatic nitrogens is 3. The number of hydrogen-bond donors (Lipinski definition) is 2. The second kappa shape index (κ2) is 11.5. The number of morpholine rings is 1. The van der Waals surface area contributed by atoms with Gasteiger partial charge in [-0.3, -0.25) is 9.59 Å². The predicted molar refractivity (Wildman–Crippen MR) is 149 cm³/mol. The third kappa shape index (κ3) is 6.17. The van der Waals surface area contributed by atoms with Crippen LogP contribution in [0.4, 0.5) is 11.5 Å². The molecule has 2 aromatic heterocycles. The van der Waals surface area contributed by atoms with Crippen molar-refractivity contribution < 1.29 is 9.53 Å². The Morgan fingerprint density at radius 1 is 1.24 bits per heavy atom. The second-order valence-electron chi connectivity index (χ2n) is 11.1. The molecule has 1 aliphatic heterocycles. The monoisotopic (exact) mass is 574 g/mol. The summed E-state index contributed by atoms with van der Waals surface area (Å²) in [6, 6.07) is 4.10. The number of hydrogen-bond acceptors (Lipinski definition) is 7. The Hall–Kier alpha value is -2.46. The van der Waals surface area contributed by atoms with E-state index in [1.165, 1.54) is 4.68 Å². The van der Waals surface area contributed by atoms with Crippen LogP contribution in [-0.2, 0) is 22.6 Å². The van der Waals surface area contributed by atoms with Gasteiger partial charge in [0.2, 0.25) is 5.91 Å². The first-order valence-electron chi connectivity index (χ1n) is 13.1. The van der Waals surface area contributed by atoms with Gasteiger partial charge in [-0.2, -0.15) is 5.10 Å². The Kier molecular flexibility index (Phi) is 8.58. The summed E-state index contributed by atoms with van der Waals surface area (Å²) in [5, 5.41) is 10.7. The molecule has 0 aromatic carbocycles. The molecule has 3 heterocycles. The molecule has 10 heteroatoms. The van der Waals surface area contributed by atoms with Crippen molar-refractivity contribution in [3.8, 4) is 0 Å². The van der Waals surface area contributed by atoms with Gasteiger partial charge in [-0.1, -0.05) is 34.6 Å². The molecular weight excluding hydrogens is 536 g/mol. The summed E-state index contributed by atoms with van der Waals surface area (Å²) in [6.07, 6.45) is 4.41. The SMILES string of the molecule is C[C@@H]1[C@@H](C)C(C)(C)[C@@H](C)C[C@H]1Nc1cnn(CC(=O)NCc2ccnc(N3CCOCC3)c2)c(=O)c1Br. The van der Waals surface area contributed by atoms with Crippen LogP contribution in [0.2, 0.25) is 0 Å². The topological polar surface area (TPSA) is 101 Å². The molecule has 1 saturated carbocycles. The summed E-state index contributed by atoms with van der Waals surface area (Å²) in [5.74, 6) is 2.13. The number of halogens is 1. The van der Waals surface area contributed by atoms with Crippen molar-refractivity contribution in [3.05, 3.63) is 44.9 Å². The van der Waals surface area contributed by atoms with Gasteiger partial charge in [0.15, 0.2) is 0 Å². The van der Waals surface area contributed by atoms with E-state index in [0.29, 0.717) is 47.7 Å². The zero-order chi connectivity index (χ0) is 26.7. The maximum Gasteiger partial charge on any atom is 0.283 e. The van der Waals surface area contributed by atoms with Gasteiger partial charge in [0.25, 0.3) is 5.56 Å². The number of ether oxygens (including phenoxy) is 1. The van der Waals surface area contributed by atoms with Crippen molar-refractivity contribution in [2.75, 3.05) is 36.5 Å². The fourth-order valence-corrected chi connectivity index (χ4v) is 5.79. The highest BCUT2D eigenvalue weighted by Crippen LogP contribution is 2.48. The van der Waals surface area contributed by atoms with Gasteiger partial charge in [0.05, 0.1) is 25.1 Å². The van der Waals surface area contributed by atoms with Crippen molar-refractivity contribution in [1.82, 2.24) is 20.1 Å². The number of amides is 1. The number of anilines is 2. The van der Waals surface area contributed by atoms with Crippen molar-refractivity contribution >= 4 is 33.3 Å². The molecule has 2 aliphatic rings. The summed E-state index contributed by atoms with van der Waals surface area (Å²) in [6.45, 7) is 14.7. The molecule has 4 atom stereocenters. The highest BCUT2D eigenvalue weighted by atomic mass is 79.9. The van der Waals surface area contributed by atoms with Crippen LogP contribution in [-0.4, -0.2) is 53.0 Å². The van der Waals surface area contributed by atoms with E-state index in [1.54, 1.807) is 12.4 Å². The normalized spacial score (nSPS) is 25.5. The first-order chi connectivity index (χ1) is 17.6. The van der Waals surface area contributed by atoms with E-state index >= 15 is 0 Å².